The monoisotopic (exact) mass is 270 g/mol. The molecule has 1 N–H and O–H groups in total. The fourth-order valence-corrected chi connectivity index (χ4v) is 2.80. The van der Waals surface area contributed by atoms with Gasteiger partial charge in [0.1, 0.15) is 6.04 Å². The van der Waals surface area contributed by atoms with Crippen molar-refractivity contribution in [2.45, 2.75) is 58.0 Å². The molecule has 4 nitrogen and oxygen atoms in total. The second kappa shape index (κ2) is 8.54. The lowest BCUT2D eigenvalue weighted by Gasteiger charge is -2.35. The smallest absolute Gasteiger partial charge is 0.324 e. The summed E-state index contributed by atoms with van der Waals surface area (Å²) in [6.07, 6.45) is 6.14. The van der Waals surface area contributed by atoms with Crippen LogP contribution in [0.25, 0.3) is 0 Å². The zero-order valence-corrected chi connectivity index (χ0v) is 12.9. The van der Waals surface area contributed by atoms with E-state index in [2.05, 4.69) is 31.1 Å². The van der Waals surface area contributed by atoms with Crippen LogP contribution in [0.2, 0.25) is 0 Å². The molecule has 0 bridgehead atoms. The van der Waals surface area contributed by atoms with Gasteiger partial charge in [-0.1, -0.05) is 13.8 Å². The molecular formula is C15H30N2O2. The fourth-order valence-electron chi connectivity index (χ4n) is 2.80. The van der Waals surface area contributed by atoms with Crippen LogP contribution in [0.3, 0.4) is 0 Å². The molecule has 112 valence electrons. The molecule has 1 aliphatic carbocycles. The van der Waals surface area contributed by atoms with Crippen LogP contribution in [-0.2, 0) is 9.53 Å². The fraction of sp³-hybridized carbons (Fsp3) is 0.933. The Balaban J connectivity index is 2.45. The molecule has 0 spiro atoms. The van der Waals surface area contributed by atoms with Crippen molar-refractivity contribution in [1.82, 2.24) is 10.2 Å². The minimum atomic E-state index is -0.200. The molecule has 1 aliphatic rings. The van der Waals surface area contributed by atoms with E-state index in [4.69, 9.17) is 4.74 Å². The topological polar surface area (TPSA) is 41.6 Å². The molecule has 0 aromatic rings. The summed E-state index contributed by atoms with van der Waals surface area (Å²) in [5, 5.41) is 3.28. The zero-order valence-electron chi connectivity index (χ0n) is 12.9. The molecule has 4 heteroatoms. The Morgan fingerprint density at radius 2 is 2.00 bits per heavy atom. The summed E-state index contributed by atoms with van der Waals surface area (Å²) in [5.74, 6) is 0.712. The van der Waals surface area contributed by atoms with E-state index in [0.29, 0.717) is 6.04 Å². The molecule has 0 radical (unpaired) electrons. The maximum absolute atomic E-state index is 11.8. The van der Waals surface area contributed by atoms with Crippen molar-refractivity contribution in [3.63, 3.8) is 0 Å². The number of rotatable bonds is 7. The molecular weight excluding hydrogens is 240 g/mol. The summed E-state index contributed by atoms with van der Waals surface area (Å²) in [6, 6.07) is 0.418. The van der Waals surface area contributed by atoms with E-state index in [-0.39, 0.29) is 12.0 Å². The van der Waals surface area contributed by atoms with Crippen LogP contribution < -0.4 is 5.32 Å². The average Bonchev–Trinajstić information content (AvgIpc) is 2.43. The van der Waals surface area contributed by atoms with E-state index in [1.54, 1.807) is 0 Å². The summed E-state index contributed by atoms with van der Waals surface area (Å²) < 4.78 is 4.89. The third-order valence-electron chi connectivity index (χ3n) is 4.21. The second-order valence-corrected chi connectivity index (χ2v) is 5.88. The van der Waals surface area contributed by atoms with Crippen LogP contribution >= 0.6 is 0 Å². The molecule has 0 heterocycles. The van der Waals surface area contributed by atoms with Crippen molar-refractivity contribution in [1.29, 1.82) is 0 Å². The van der Waals surface area contributed by atoms with E-state index in [9.17, 15) is 4.79 Å². The van der Waals surface area contributed by atoms with Gasteiger partial charge >= 0.3 is 5.97 Å². The molecule has 0 saturated heterocycles. The van der Waals surface area contributed by atoms with Gasteiger partial charge in [-0.25, -0.2) is 0 Å². The average molecular weight is 270 g/mol. The highest BCUT2D eigenvalue weighted by molar-refractivity contribution is 5.75. The van der Waals surface area contributed by atoms with Crippen LogP contribution in [-0.4, -0.2) is 50.2 Å². The lowest BCUT2D eigenvalue weighted by Crippen LogP contribution is -2.49. The van der Waals surface area contributed by atoms with Crippen molar-refractivity contribution < 1.29 is 9.53 Å². The van der Waals surface area contributed by atoms with Crippen molar-refractivity contribution in [3.8, 4) is 0 Å². The normalized spacial score (nSPS) is 25.3. The van der Waals surface area contributed by atoms with Gasteiger partial charge in [0.25, 0.3) is 0 Å². The molecule has 0 aromatic carbocycles. The minimum absolute atomic E-state index is 0.149. The number of ether oxygens (including phenoxy) is 1. The Hall–Kier alpha value is -0.610. The van der Waals surface area contributed by atoms with Crippen LogP contribution in [0.4, 0.5) is 0 Å². The highest BCUT2D eigenvalue weighted by Gasteiger charge is 2.26. The predicted molar refractivity (Wildman–Crippen MR) is 78.1 cm³/mol. The second-order valence-electron chi connectivity index (χ2n) is 5.88. The molecule has 1 unspecified atom stereocenters. The number of likely N-dealkylation sites (N-methyl/N-ethyl adjacent to an activating group) is 1. The third kappa shape index (κ3) is 5.49. The lowest BCUT2D eigenvalue weighted by atomic mass is 9.86. The van der Waals surface area contributed by atoms with Gasteiger partial charge in [0, 0.05) is 12.6 Å². The number of carbonyl (C=O) groups excluding carboxylic acids is 1. The number of hydrogen-bond donors (Lipinski definition) is 1. The van der Waals surface area contributed by atoms with Gasteiger partial charge in [0.15, 0.2) is 0 Å². The van der Waals surface area contributed by atoms with E-state index in [1.165, 1.54) is 32.8 Å². The largest absolute Gasteiger partial charge is 0.468 e. The molecule has 0 amide bonds. The maximum Gasteiger partial charge on any atom is 0.324 e. The first-order valence-corrected chi connectivity index (χ1v) is 7.59. The Labute approximate surface area is 117 Å². The van der Waals surface area contributed by atoms with Gasteiger partial charge in [0.2, 0.25) is 0 Å². The molecule has 0 aliphatic heterocycles. The first-order valence-electron chi connectivity index (χ1n) is 7.59. The molecule has 1 rings (SSSR count). The SMILES string of the molecule is CCCNC(CN(C)C1CCC(C)CC1)C(=O)OC. The maximum atomic E-state index is 11.8. The first kappa shape index (κ1) is 16.4. The van der Waals surface area contributed by atoms with E-state index in [0.717, 1.165) is 25.4 Å². The van der Waals surface area contributed by atoms with E-state index < -0.39 is 0 Å². The van der Waals surface area contributed by atoms with Crippen LogP contribution in [0.5, 0.6) is 0 Å². The van der Waals surface area contributed by atoms with Gasteiger partial charge in [-0.15, -0.1) is 0 Å². The Morgan fingerprint density at radius 3 is 2.53 bits per heavy atom. The number of nitrogens with zero attached hydrogens (tertiary/aromatic N) is 1. The van der Waals surface area contributed by atoms with Gasteiger partial charge in [-0.3, -0.25) is 4.79 Å². The number of hydrogen-bond acceptors (Lipinski definition) is 4. The summed E-state index contributed by atoms with van der Waals surface area (Å²) >= 11 is 0. The van der Waals surface area contributed by atoms with Crippen molar-refractivity contribution in [2.75, 3.05) is 27.2 Å². The van der Waals surface area contributed by atoms with Gasteiger partial charge in [-0.2, -0.15) is 0 Å². The number of nitrogens with one attached hydrogen (secondary N) is 1. The van der Waals surface area contributed by atoms with E-state index in [1.807, 2.05) is 0 Å². The lowest BCUT2D eigenvalue weighted by molar-refractivity contribution is -0.143. The number of carbonyl (C=O) groups is 1. The van der Waals surface area contributed by atoms with Gasteiger partial charge in [-0.05, 0) is 51.6 Å². The van der Waals surface area contributed by atoms with E-state index >= 15 is 0 Å². The molecule has 19 heavy (non-hydrogen) atoms. The quantitative estimate of drug-likeness (QED) is 0.719. The summed E-state index contributed by atoms with van der Waals surface area (Å²) in [6.45, 7) is 6.03. The Bertz CT molecular complexity index is 263. The summed E-state index contributed by atoms with van der Waals surface area (Å²) in [7, 11) is 3.59. The number of methoxy groups -OCH3 is 1. The van der Waals surface area contributed by atoms with Crippen LogP contribution in [0.1, 0.15) is 46.0 Å². The van der Waals surface area contributed by atoms with Gasteiger partial charge < -0.3 is 15.0 Å². The molecule has 1 atom stereocenters. The van der Waals surface area contributed by atoms with Crippen LogP contribution in [0, 0.1) is 5.92 Å². The first-order chi connectivity index (χ1) is 9.08. The molecule has 0 aromatic heterocycles. The summed E-state index contributed by atoms with van der Waals surface area (Å²) in [5.41, 5.74) is 0. The Kier molecular flexibility index (Phi) is 7.39. The highest BCUT2D eigenvalue weighted by atomic mass is 16.5. The van der Waals surface area contributed by atoms with Crippen molar-refractivity contribution in [3.05, 3.63) is 0 Å². The summed E-state index contributed by atoms with van der Waals surface area (Å²) in [4.78, 5) is 14.1. The standard InChI is InChI=1S/C15H30N2O2/c1-5-10-16-14(15(18)19-4)11-17(3)13-8-6-12(2)7-9-13/h12-14,16H,5-11H2,1-4H3. The third-order valence-corrected chi connectivity index (χ3v) is 4.21. The minimum Gasteiger partial charge on any atom is -0.468 e. The molecule has 1 fully saturated rings. The number of esters is 1. The van der Waals surface area contributed by atoms with Crippen molar-refractivity contribution >= 4 is 5.97 Å². The van der Waals surface area contributed by atoms with Crippen molar-refractivity contribution in [2.24, 2.45) is 5.92 Å². The van der Waals surface area contributed by atoms with Crippen LogP contribution in [0.15, 0.2) is 0 Å². The van der Waals surface area contributed by atoms with Gasteiger partial charge in [0.05, 0.1) is 7.11 Å². The predicted octanol–water partition coefficient (Wildman–Crippen LogP) is 2.04. The highest BCUT2D eigenvalue weighted by Crippen LogP contribution is 2.26. The molecule has 1 saturated carbocycles. The Morgan fingerprint density at radius 1 is 1.37 bits per heavy atom. The zero-order chi connectivity index (χ0) is 14.3.